The van der Waals surface area contributed by atoms with Crippen LogP contribution in [0.5, 0.6) is 0 Å². The van der Waals surface area contributed by atoms with Gasteiger partial charge in [-0.05, 0) is 49.2 Å². The molecule has 31 heavy (non-hydrogen) atoms. The molecule has 1 amide bonds. The standard InChI is InChI=1S/C23H19FN4O3/c1-14-6-3-4-7-17(14)21-26-22(31-27-21)18-8-5-11-28(23(18)30)13-20(29)25-16-10-9-15(2)19(24)12-16/h3-12H,13H2,1-2H3,(H,25,29). The third kappa shape index (κ3) is 4.28. The number of aryl methyl sites for hydroxylation is 2. The van der Waals surface area contributed by atoms with Crippen LogP contribution in [0.3, 0.4) is 0 Å². The second kappa shape index (κ2) is 8.35. The number of benzene rings is 2. The number of pyridine rings is 1. The van der Waals surface area contributed by atoms with E-state index < -0.39 is 17.3 Å². The lowest BCUT2D eigenvalue weighted by Crippen LogP contribution is -2.28. The summed E-state index contributed by atoms with van der Waals surface area (Å²) in [7, 11) is 0. The summed E-state index contributed by atoms with van der Waals surface area (Å²) in [6.07, 6.45) is 1.49. The summed E-state index contributed by atoms with van der Waals surface area (Å²) in [5.41, 5.74) is 2.31. The molecule has 2 aromatic carbocycles. The maximum absolute atomic E-state index is 13.7. The van der Waals surface area contributed by atoms with Gasteiger partial charge in [0.25, 0.3) is 11.4 Å². The van der Waals surface area contributed by atoms with Crippen LogP contribution in [0.1, 0.15) is 11.1 Å². The number of rotatable bonds is 5. The summed E-state index contributed by atoms with van der Waals surface area (Å²) in [5.74, 6) is -0.438. The van der Waals surface area contributed by atoms with E-state index in [1.807, 2.05) is 31.2 Å². The first kappa shape index (κ1) is 20.2. The zero-order valence-electron chi connectivity index (χ0n) is 16.9. The Morgan fingerprint density at radius 1 is 1.06 bits per heavy atom. The highest BCUT2D eigenvalue weighted by Gasteiger charge is 2.17. The van der Waals surface area contributed by atoms with Gasteiger partial charge in [-0.15, -0.1) is 0 Å². The zero-order chi connectivity index (χ0) is 22.0. The highest BCUT2D eigenvalue weighted by Crippen LogP contribution is 2.22. The van der Waals surface area contributed by atoms with Crippen molar-refractivity contribution in [2.75, 3.05) is 5.32 Å². The molecule has 0 atom stereocenters. The highest BCUT2D eigenvalue weighted by molar-refractivity contribution is 5.90. The summed E-state index contributed by atoms with van der Waals surface area (Å²) >= 11 is 0. The first-order chi connectivity index (χ1) is 14.9. The van der Waals surface area contributed by atoms with Crippen LogP contribution in [0.25, 0.3) is 22.8 Å². The molecule has 2 aromatic heterocycles. The van der Waals surface area contributed by atoms with Gasteiger partial charge < -0.3 is 14.4 Å². The van der Waals surface area contributed by atoms with Gasteiger partial charge in [0, 0.05) is 17.4 Å². The number of amides is 1. The minimum Gasteiger partial charge on any atom is -0.333 e. The molecule has 8 heteroatoms. The Bertz CT molecular complexity index is 1330. The van der Waals surface area contributed by atoms with Crippen molar-refractivity contribution < 1.29 is 13.7 Å². The van der Waals surface area contributed by atoms with E-state index in [0.29, 0.717) is 17.1 Å². The summed E-state index contributed by atoms with van der Waals surface area (Å²) in [6.45, 7) is 3.31. The van der Waals surface area contributed by atoms with E-state index in [0.717, 1.165) is 11.1 Å². The maximum Gasteiger partial charge on any atom is 0.263 e. The zero-order valence-corrected chi connectivity index (χ0v) is 16.9. The number of hydrogen-bond acceptors (Lipinski definition) is 5. The Hall–Kier alpha value is -4.07. The first-order valence-corrected chi connectivity index (χ1v) is 9.58. The number of aromatic nitrogens is 3. The van der Waals surface area contributed by atoms with Crippen molar-refractivity contribution in [3.05, 3.63) is 88.1 Å². The van der Waals surface area contributed by atoms with Gasteiger partial charge >= 0.3 is 0 Å². The summed E-state index contributed by atoms with van der Waals surface area (Å²) < 4.78 is 20.2. The van der Waals surface area contributed by atoms with Crippen LogP contribution >= 0.6 is 0 Å². The molecule has 0 saturated heterocycles. The van der Waals surface area contributed by atoms with Crippen molar-refractivity contribution in [2.45, 2.75) is 20.4 Å². The Morgan fingerprint density at radius 2 is 1.84 bits per heavy atom. The molecule has 2 heterocycles. The molecular weight excluding hydrogens is 399 g/mol. The third-order valence-corrected chi connectivity index (χ3v) is 4.83. The van der Waals surface area contributed by atoms with Gasteiger partial charge in [0.2, 0.25) is 11.7 Å². The normalized spacial score (nSPS) is 10.8. The molecule has 0 radical (unpaired) electrons. The number of hydrogen-bond donors (Lipinski definition) is 1. The largest absolute Gasteiger partial charge is 0.333 e. The molecule has 7 nitrogen and oxygen atoms in total. The average molecular weight is 418 g/mol. The Morgan fingerprint density at radius 3 is 2.61 bits per heavy atom. The second-order valence-corrected chi connectivity index (χ2v) is 7.11. The van der Waals surface area contributed by atoms with Crippen molar-refractivity contribution in [2.24, 2.45) is 0 Å². The lowest BCUT2D eigenvalue weighted by atomic mass is 10.1. The van der Waals surface area contributed by atoms with Crippen LogP contribution in [0, 0.1) is 19.7 Å². The predicted octanol–water partition coefficient (Wildman–Crippen LogP) is 3.96. The number of nitrogens with one attached hydrogen (secondary N) is 1. The lowest BCUT2D eigenvalue weighted by Gasteiger charge is -2.09. The second-order valence-electron chi connectivity index (χ2n) is 7.11. The quantitative estimate of drug-likeness (QED) is 0.530. The number of carbonyl (C=O) groups is 1. The molecule has 156 valence electrons. The molecule has 4 rings (SSSR count). The number of carbonyl (C=O) groups excluding carboxylic acids is 1. The van der Waals surface area contributed by atoms with Gasteiger partial charge in [-0.25, -0.2) is 4.39 Å². The van der Waals surface area contributed by atoms with Crippen molar-refractivity contribution in [1.82, 2.24) is 14.7 Å². The third-order valence-electron chi connectivity index (χ3n) is 4.83. The van der Waals surface area contributed by atoms with E-state index in [9.17, 15) is 14.0 Å². The van der Waals surface area contributed by atoms with Gasteiger partial charge in [-0.3, -0.25) is 9.59 Å². The van der Waals surface area contributed by atoms with E-state index in [-0.39, 0.29) is 18.0 Å². The van der Waals surface area contributed by atoms with Crippen LogP contribution in [-0.2, 0) is 11.3 Å². The molecule has 0 aliphatic heterocycles. The monoisotopic (exact) mass is 418 g/mol. The molecule has 0 bridgehead atoms. The summed E-state index contributed by atoms with van der Waals surface area (Å²) in [4.78, 5) is 29.6. The van der Waals surface area contributed by atoms with Crippen molar-refractivity contribution in [3.63, 3.8) is 0 Å². The van der Waals surface area contributed by atoms with Crippen LogP contribution in [0.2, 0.25) is 0 Å². The predicted molar refractivity (Wildman–Crippen MR) is 114 cm³/mol. The molecule has 4 aromatic rings. The maximum atomic E-state index is 13.7. The van der Waals surface area contributed by atoms with Gasteiger partial charge in [0.05, 0.1) is 0 Å². The van der Waals surface area contributed by atoms with Gasteiger partial charge in [0.1, 0.15) is 17.9 Å². The van der Waals surface area contributed by atoms with Gasteiger partial charge in [0.15, 0.2) is 0 Å². The molecule has 0 fully saturated rings. The van der Waals surface area contributed by atoms with Crippen LogP contribution in [-0.4, -0.2) is 20.6 Å². The van der Waals surface area contributed by atoms with Crippen LogP contribution in [0.4, 0.5) is 10.1 Å². The van der Waals surface area contributed by atoms with E-state index in [1.165, 1.54) is 16.8 Å². The van der Waals surface area contributed by atoms with Gasteiger partial charge in [-0.2, -0.15) is 4.98 Å². The highest BCUT2D eigenvalue weighted by atomic mass is 19.1. The first-order valence-electron chi connectivity index (χ1n) is 9.58. The summed E-state index contributed by atoms with van der Waals surface area (Å²) in [5, 5.41) is 6.56. The van der Waals surface area contributed by atoms with E-state index >= 15 is 0 Å². The van der Waals surface area contributed by atoms with E-state index in [1.54, 1.807) is 31.2 Å². The Balaban J connectivity index is 1.56. The van der Waals surface area contributed by atoms with Crippen molar-refractivity contribution in [1.29, 1.82) is 0 Å². The van der Waals surface area contributed by atoms with Gasteiger partial charge in [-0.1, -0.05) is 35.5 Å². The molecule has 1 N–H and O–H groups in total. The SMILES string of the molecule is Cc1ccc(NC(=O)Cn2cccc(-c3nc(-c4ccccc4C)no3)c2=O)cc1F. The van der Waals surface area contributed by atoms with E-state index in [2.05, 4.69) is 15.5 Å². The smallest absolute Gasteiger partial charge is 0.263 e. The topological polar surface area (TPSA) is 90.0 Å². The molecular formula is C23H19FN4O3. The summed E-state index contributed by atoms with van der Waals surface area (Å²) in [6, 6.07) is 15.1. The Labute approximate surface area is 177 Å². The fourth-order valence-electron chi connectivity index (χ4n) is 3.12. The molecule has 0 saturated carbocycles. The van der Waals surface area contributed by atoms with Crippen LogP contribution in [0.15, 0.2) is 70.1 Å². The molecule has 0 spiro atoms. The molecule has 0 aliphatic carbocycles. The Kier molecular flexibility index (Phi) is 5.44. The van der Waals surface area contributed by atoms with E-state index in [4.69, 9.17) is 4.52 Å². The fourth-order valence-corrected chi connectivity index (χ4v) is 3.12. The van der Waals surface area contributed by atoms with Crippen molar-refractivity contribution >= 4 is 11.6 Å². The minimum absolute atomic E-state index is 0.0682. The fraction of sp³-hybridized carbons (Fsp3) is 0.130. The minimum atomic E-state index is -0.464. The molecule has 0 unspecified atom stereocenters. The number of anilines is 1. The number of halogens is 1. The average Bonchev–Trinajstić information content (AvgIpc) is 3.22. The van der Waals surface area contributed by atoms with Crippen LogP contribution < -0.4 is 10.9 Å². The lowest BCUT2D eigenvalue weighted by molar-refractivity contribution is -0.116. The molecule has 0 aliphatic rings. The van der Waals surface area contributed by atoms with Crippen molar-refractivity contribution in [3.8, 4) is 22.8 Å². The number of nitrogens with zero attached hydrogens (tertiary/aromatic N) is 3.